The van der Waals surface area contributed by atoms with Gasteiger partial charge in [0.1, 0.15) is 5.75 Å². The van der Waals surface area contributed by atoms with E-state index in [9.17, 15) is 9.90 Å². The summed E-state index contributed by atoms with van der Waals surface area (Å²) in [4.78, 5) is 13.7. The molecule has 1 aliphatic heterocycles. The fraction of sp³-hybridized carbons (Fsp3) is 0.409. The van der Waals surface area contributed by atoms with Crippen molar-refractivity contribution in [2.45, 2.75) is 25.9 Å². The number of para-hydroxylation sites is 1. The first-order valence-corrected chi connectivity index (χ1v) is 9.31. The normalized spacial score (nSPS) is 22.6. The van der Waals surface area contributed by atoms with E-state index in [4.69, 9.17) is 14.2 Å². The van der Waals surface area contributed by atoms with E-state index in [0.29, 0.717) is 30.3 Å². The number of hydrogen-bond donors (Lipinski definition) is 1. The average molecular weight is 385 g/mol. The zero-order valence-corrected chi connectivity index (χ0v) is 16.7. The summed E-state index contributed by atoms with van der Waals surface area (Å²) in [5, 5.41) is 10.5. The fourth-order valence-corrected chi connectivity index (χ4v) is 3.80. The summed E-state index contributed by atoms with van der Waals surface area (Å²) in [7, 11) is 2.97. The predicted octanol–water partition coefficient (Wildman–Crippen LogP) is 4.04. The predicted molar refractivity (Wildman–Crippen MR) is 106 cm³/mol. The third-order valence-corrected chi connectivity index (χ3v) is 5.68. The molecule has 0 bridgehead atoms. The van der Waals surface area contributed by atoms with E-state index < -0.39 is 11.5 Å². The molecule has 0 saturated carbocycles. The molecule has 0 spiro atoms. The average Bonchev–Trinajstić information content (AvgIpc) is 3.07. The molecule has 0 aliphatic carbocycles. The van der Waals surface area contributed by atoms with Gasteiger partial charge in [-0.3, -0.25) is 0 Å². The number of carbonyl (C=O) groups is 1. The lowest BCUT2D eigenvalue weighted by molar-refractivity contribution is 0.0470. The number of nitrogens with zero attached hydrogens (tertiary/aromatic N) is 1. The summed E-state index contributed by atoms with van der Waals surface area (Å²) in [5.74, 6) is 1.85. The third kappa shape index (κ3) is 3.78. The van der Waals surface area contributed by atoms with E-state index in [1.807, 2.05) is 55.5 Å². The molecule has 2 aromatic carbocycles. The lowest BCUT2D eigenvalue weighted by Crippen LogP contribution is -2.38. The molecule has 0 radical (unpaired) electrons. The van der Waals surface area contributed by atoms with Gasteiger partial charge in [-0.2, -0.15) is 0 Å². The van der Waals surface area contributed by atoms with Crippen LogP contribution in [0.3, 0.4) is 0 Å². The zero-order chi connectivity index (χ0) is 20.3. The first-order chi connectivity index (χ1) is 13.4. The number of benzene rings is 2. The van der Waals surface area contributed by atoms with Gasteiger partial charge < -0.3 is 24.2 Å². The van der Waals surface area contributed by atoms with Gasteiger partial charge in [-0.1, -0.05) is 31.2 Å². The van der Waals surface area contributed by atoms with Crippen molar-refractivity contribution >= 4 is 6.09 Å². The van der Waals surface area contributed by atoms with Crippen molar-refractivity contribution in [1.29, 1.82) is 0 Å². The molecule has 28 heavy (non-hydrogen) atoms. The molecule has 1 heterocycles. The van der Waals surface area contributed by atoms with Gasteiger partial charge in [0.25, 0.3) is 0 Å². The second-order valence-corrected chi connectivity index (χ2v) is 7.41. The first kappa shape index (κ1) is 20.0. The third-order valence-electron chi connectivity index (χ3n) is 5.68. The van der Waals surface area contributed by atoms with Crippen LogP contribution in [0.5, 0.6) is 17.2 Å². The van der Waals surface area contributed by atoms with Crippen molar-refractivity contribution in [2.75, 3.05) is 27.3 Å². The van der Waals surface area contributed by atoms with Gasteiger partial charge in [-0.25, -0.2) is 4.79 Å². The van der Waals surface area contributed by atoms with E-state index in [1.165, 1.54) is 7.11 Å². The smallest absolute Gasteiger partial charge is 0.409 e. The molecule has 1 amide bonds. The molecule has 0 unspecified atom stereocenters. The quantitative estimate of drug-likeness (QED) is 0.841. The van der Waals surface area contributed by atoms with Gasteiger partial charge in [0, 0.05) is 24.4 Å². The number of carbonyl (C=O) groups excluding carboxylic acids is 1. The Morgan fingerprint density at radius 3 is 2.50 bits per heavy atom. The molecule has 1 aliphatic rings. The minimum absolute atomic E-state index is 0.0735. The van der Waals surface area contributed by atoms with Crippen LogP contribution in [-0.2, 0) is 4.74 Å². The van der Waals surface area contributed by atoms with Gasteiger partial charge in [-0.15, -0.1) is 0 Å². The van der Waals surface area contributed by atoms with Crippen LogP contribution in [0.15, 0.2) is 48.5 Å². The molecule has 3 rings (SSSR count). The summed E-state index contributed by atoms with van der Waals surface area (Å²) in [6.07, 6.45) is -0.989. The highest BCUT2D eigenvalue weighted by molar-refractivity contribution is 5.68. The maximum absolute atomic E-state index is 12.1. The first-order valence-electron chi connectivity index (χ1n) is 9.31. The molecule has 1 fully saturated rings. The number of rotatable bonds is 5. The van der Waals surface area contributed by atoms with Crippen LogP contribution in [0.25, 0.3) is 0 Å². The Kier molecular flexibility index (Phi) is 5.79. The van der Waals surface area contributed by atoms with Crippen molar-refractivity contribution in [3.05, 3.63) is 54.1 Å². The van der Waals surface area contributed by atoms with Crippen molar-refractivity contribution < 1.29 is 24.1 Å². The largest absolute Gasteiger partial charge is 0.493 e. The maximum atomic E-state index is 12.1. The molecule has 150 valence electrons. The van der Waals surface area contributed by atoms with Gasteiger partial charge >= 0.3 is 6.09 Å². The van der Waals surface area contributed by atoms with Gasteiger partial charge in [0.2, 0.25) is 0 Å². The number of methoxy groups -OCH3 is 2. The molecular formula is C22H27NO5. The summed E-state index contributed by atoms with van der Waals surface area (Å²) >= 11 is 0. The molecule has 2 aromatic rings. The maximum Gasteiger partial charge on any atom is 0.409 e. The van der Waals surface area contributed by atoms with Crippen LogP contribution in [0.1, 0.15) is 25.3 Å². The Morgan fingerprint density at radius 1 is 1.18 bits per heavy atom. The topological polar surface area (TPSA) is 68.2 Å². The molecule has 1 saturated heterocycles. The van der Waals surface area contributed by atoms with E-state index in [-0.39, 0.29) is 12.0 Å². The minimum Gasteiger partial charge on any atom is -0.493 e. The fourth-order valence-electron chi connectivity index (χ4n) is 3.80. The number of ether oxygens (including phenoxy) is 3. The van der Waals surface area contributed by atoms with E-state index in [0.717, 1.165) is 5.56 Å². The molecule has 6 heteroatoms. The number of aliphatic hydroxyl groups excluding tert-OH is 1. The summed E-state index contributed by atoms with van der Waals surface area (Å²) in [6, 6.07) is 15.2. The minimum atomic E-state index is -0.604. The van der Waals surface area contributed by atoms with Crippen LogP contribution in [0, 0.1) is 5.41 Å². The Bertz CT molecular complexity index is 823. The highest BCUT2D eigenvalue weighted by atomic mass is 16.5. The number of hydrogen-bond acceptors (Lipinski definition) is 5. The molecule has 6 nitrogen and oxygen atoms in total. The summed E-state index contributed by atoms with van der Waals surface area (Å²) in [5.41, 5.74) is 0.466. The van der Waals surface area contributed by atoms with Crippen molar-refractivity contribution in [1.82, 2.24) is 4.90 Å². The summed E-state index contributed by atoms with van der Waals surface area (Å²) in [6.45, 7) is 4.64. The Morgan fingerprint density at radius 2 is 1.89 bits per heavy atom. The highest BCUT2D eigenvalue weighted by Gasteiger charge is 2.48. The number of likely N-dealkylation sites (tertiary alicyclic amines) is 1. The molecule has 3 atom stereocenters. The Balaban J connectivity index is 1.97. The molecular weight excluding hydrogens is 358 g/mol. The zero-order valence-electron chi connectivity index (χ0n) is 16.7. The van der Waals surface area contributed by atoms with Crippen LogP contribution >= 0.6 is 0 Å². The van der Waals surface area contributed by atoms with Crippen molar-refractivity contribution in [3.63, 3.8) is 0 Å². The van der Waals surface area contributed by atoms with Gasteiger partial charge in [0.05, 0.1) is 20.3 Å². The monoisotopic (exact) mass is 385 g/mol. The molecule has 1 N–H and O–H groups in total. The SMILES string of the molecule is COC(=O)N1C[C@@H](c2ccc(OC)c(Oc3ccccc3)c2)[C@](C)([C@H](C)O)C1. The number of amides is 1. The lowest BCUT2D eigenvalue weighted by atomic mass is 9.72. The second kappa shape index (κ2) is 8.10. The molecule has 0 aromatic heterocycles. The summed E-state index contributed by atoms with van der Waals surface area (Å²) < 4.78 is 16.4. The second-order valence-electron chi connectivity index (χ2n) is 7.41. The van der Waals surface area contributed by atoms with Gasteiger partial charge in [0.15, 0.2) is 11.5 Å². The van der Waals surface area contributed by atoms with Crippen LogP contribution in [0.4, 0.5) is 4.79 Å². The van der Waals surface area contributed by atoms with E-state index in [1.54, 1.807) is 18.9 Å². The van der Waals surface area contributed by atoms with Crippen LogP contribution in [0.2, 0.25) is 0 Å². The van der Waals surface area contributed by atoms with Crippen LogP contribution < -0.4 is 9.47 Å². The van der Waals surface area contributed by atoms with Crippen molar-refractivity contribution in [3.8, 4) is 17.2 Å². The van der Waals surface area contributed by atoms with E-state index in [2.05, 4.69) is 0 Å². The standard InChI is InChI=1S/C22H27NO5/c1-15(24)22(2)14-23(21(25)27-4)13-18(22)16-10-11-19(26-3)20(12-16)28-17-8-6-5-7-9-17/h5-12,15,18,24H,13-14H2,1-4H3/t15-,18-,22-/m0/s1. The number of aliphatic hydroxyl groups is 1. The van der Waals surface area contributed by atoms with Crippen molar-refractivity contribution in [2.24, 2.45) is 5.41 Å². The Hall–Kier alpha value is -2.73. The van der Waals surface area contributed by atoms with E-state index >= 15 is 0 Å². The van der Waals surface area contributed by atoms with Crippen LogP contribution in [-0.4, -0.2) is 49.5 Å². The van der Waals surface area contributed by atoms with Gasteiger partial charge in [-0.05, 0) is 36.8 Å². The lowest BCUT2D eigenvalue weighted by Gasteiger charge is -2.33. The highest BCUT2D eigenvalue weighted by Crippen LogP contribution is 2.47. The Labute approximate surface area is 165 Å².